The molecule has 0 aliphatic carbocycles. The molecular weight excluding hydrogens is 450 g/mol. The highest BCUT2D eigenvalue weighted by molar-refractivity contribution is 7.20. The van der Waals surface area contributed by atoms with Gasteiger partial charge < -0.3 is 20.7 Å². The van der Waals surface area contributed by atoms with Gasteiger partial charge in [0.25, 0.3) is 5.91 Å². The van der Waals surface area contributed by atoms with Gasteiger partial charge >= 0.3 is 6.03 Å². The molecule has 8 nitrogen and oxygen atoms in total. The van der Waals surface area contributed by atoms with E-state index in [9.17, 15) is 9.59 Å². The molecule has 1 atom stereocenters. The van der Waals surface area contributed by atoms with Crippen molar-refractivity contribution in [1.29, 1.82) is 0 Å². The highest BCUT2D eigenvalue weighted by atomic mass is 32.1. The molecule has 3 amide bonds. The highest BCUT2D eigenvalue weighted by Crippen LogP contribution is 2.31. The number of aryl methyl sites for hydroxylation is 1. The summed E-state index contributed by atoms with van der Waals surface area (Å²) in [7, 11) is 0. The Hall–Kier alpha value is -3.69. The summed E-state index contributed by atoms with van der Waals surface area (Å²) in [6, 6.07) is 18.5. The van der Waals surface area contributed by atoms with Gasteiger partial charge in [-0.1, -0.05) is 18.2 Å². The fraction of sp³-hybridized carbons (Fsp3) is 0.240. The van der Waals surface area contributed by atoms with Gasteiger partial charge in [0.1, 0.15) is 4.83 Å². The lowest BCUT2D eigenvalue weighted by atomic mass is 10.2. The van der Waals surface area contributed by atoms with E-state index in [-0.39, 0.29) is 18.0 Å². The average molecular weight is 476 g/mol. The molecular formula is C25H25N5O3S. The summed E-state index contributed by atoms with van der Waals surface area (Å²) in [6.07, 6.45) is 2.10. The van der Waals surface area contributed by atoms with Crippen LogP contribution >= 0.6 is 11.3 Å². The van der Waals surface area contributed by atoms with Crippen molar-refractivity contribution in [2.45, 2.75) is 25.9 Å². The van der Waals surface area contributed by atoms with Gasteiger partial charge in [0.2, 0.25) is 0 Å². The monoisotopic (exact) mass is 475 g/mol. The number of para-hydroxylation sites is 1. The van der Waals surface area contributed by atoms with Crippen LogP contribution in [0.3, 0.4) is 0 Å². The van der Waals surface area contributed by atoms with E-state index in [1.807, 2.05) is 48.0 Å². The molecule has 1 aliphatic heterocycles. The van der Waals surface area contributed by atoms with E-state index in [0.717, 1.165) is 41.0 Å². The smallest absolute Gasteiger partial charge is 0.319 e. The molecule has 0 radical (unpaired) electrons. The first-order valence-electron chi connectivity index (χ1n) is 11.2. The number of nitrogens with one attached hydrogen (secondary N) is 3. The van der Waals surface area contributed by atoms with Crippen molar-refractivity contribution >= 4 is 44.9 Å². The summed E-state index contributed by atoms with van der Waals surface area (Å²) < 4.78 is 7.38. The predicted octanol–water partition coefficient (Wildman–Crippen LogP) is 4.95. The van der Waals surface area contributed by atoms with E-state index in [0.29, 0.717) is 22.8 Å². The second-order valence-electron chi connectivity index (χ2n) is 8.16. The van der Waals surface area contributed by atoms with Crippen molar-refractivity contribution in [3.05, 3.63) is 71.2 Å². The summed E-state index contributed by atoms with van der Waals surface area (Å²) in [5.41, 5.74) is 3.12. The number of rotatable bonds is 6. The Balaban J connectivity index is 1.22. The Morgan fingerprint density at radius 3 is 2.53 bits per heavy atom. The molecule has 1 saturated heterocycles. The van der Waals surface area contributed by atoms with E-state index in [4.69, 9.17) is 4.74 Å². The third kappa shape index (κ3) is 4.80. The van der Waals surface area contributed by atoms with Gasteiger partial charge in [-0.15, -0.1) is 11.3 Å². The number of ether oxygens (including phenoxy) is 1. The minimum Gasteiger partial charge on any atom is -0.376 e. The fourth-order valence-electron chi connectivity index (χ4n) is 3.92. The molecule has 1 aliphatic rings. The second kappa shape index (κ2) is 9.66. The minimum atomic E-state index is -0.277. The molecule has 34 heavy (non-hydrogen) atoms. The van der Waals surface area contributed by atoms with Gasteiger partial charge in [-0.2, -0.15) is 5.10 Å². The third-order valence-corrected chi connectivity index (χ3v) is 6.79. The molecule has 2 aromatic heterocycles. The zero-order valence-electron chi connectivity index (χ0n) is 18.7. The molecule has 5 rings (SSSR count). The molecule has 4 aromatic rings. The lowest BCUT2D eigenvalue weighted by Gasteiger charge is -2.12. The van der Waals surface area contributed by atoms with Gasteiger partial charge in [0.05, 0.1) is 22.4 Å². The van der Waals surface area contributed by atoms with Crippen molar-refractivity contribution in [3.8, 4) is 5.69 Å². The quantitative estimate of drug-likeness (QED) is 0.368. The zero-order valence-corrected chi connectivity index (χ0v) is 19.5. The zero-order chi connectivity index (χ0) is 23.5. The van der Waals surface area contributed by atoms with Gasteiger partial charge in [0.15, 0.2) is 0 Å². The van der Waals surface area contributed by atoms with Crippen LogP contribution in [0.4, 0.5) is 16.2 Å². The van der Waals surface area contributed by atoms with Crippen LogP contribution in [0.1, 0.15) is 28.2 Å². The highest BCUT2D eigenvalue weighted by Gasteiger charge is 2.18. The molecule has 174 valence electrons. The molecule has 1 unspecified atom stereocenters. The maximum absolute atomic E-state index is 12.9. The van der Waals surface area contributed by atoms with Gasteiger partial charge in [-0.3, -0.25) is 4.79 Å². The molecule has 0 bridgehead atoms. The molecule has 0 spiro atoms. The summed E-state index contributed by atoms with van der Waals surface area (Å²) in [4.78, 5) is 26.5. The summed E-state index contributed by atoms with van der Waals surface area (Å²) >= 11 is 1.41. The first-order valence-corrected chi connectivity index (χ1v) is 12.0. The summed E-state index contributed by atoms with van der Waals surface area (Å²) in [6.45, 7) is 3.20. The first kappa shape index (κ1) is 22.1. The Bertz CT molecular complexity index is 1310. The fourth-order valence-corrected chi connectivity index (χ4v) is 5.00. The van der Waals surface area contributed by atoms with Gasteiger partial charge in [-0.25, -0.2) is 9.48 Å². The van der Waals surface area contributed by atoms with Crippen LogP contribution in [0.5, 0.6) is 0 Å². The Morgan fingerprint density at radius 2 is 1.82 bits per heavy atom. The van der Waals surface area contributed by atoms with Crippen molar-refractivity contribution in [2.24, 2.45) is 0 Å². The van der Waals surface area contributed by atoms with E-state index >= 15 is 0 Å². The van der Waals surface area contributed by atoms with Crippen molar-refractivity contribution in [3.63, 3.8) is 0 Å². The van der Waals surface area contributed by atoms with Crippen LogP contribution in [-0.2, 0) is 4.74 Å². The molecule has 3 heterocycles. The number of hydrogen-bond acceptors (Lipinski definition) is 5. The molecule has 3 N–H and O–H groups in total. The SMILES string of the molecule is Cc1nn(-c2ccccc2)c2sc(C(=O)Nc3ccc(NC(=O)NCC4CCCO4)cc3)cc12. The molecule has 1 fully saturated rings. The first-order chi connectivity index (χ1) is 16.6. The van der Waals surface area contributed by atoms with Crippen LogP contribution in [0.2, 0.25) is 0 Å². The normalized spacial score (nSPS) is 15.4. The Kier molecular flexibility index (Phi) is 6.29. The van der Waals surface area contributed by atoms with Crippen molar-refractivity contribution < 1.29 is 14.3 Å². The van der Waals surface area contributed by atoms with Crippen LogP contribution < -0.4 is 16.0 Å². The summed E-state index contributed by atoms with van der Waals surface area (Å²) in [5.74, 6) is -0.185. The topological polar surface area (TPSA) is 97.3 Å². The number of aromatic nitrogens is 2. The number of carbonyl (C=O) groups is 2. The van der Waals surface area contributed by atoms with Crippen LogP contribution in [0.25, 0.3) is 15.9 Å². The molecule has 0 saturated carbocycles. The van der Waals surface area contributed by atoms with Gasteiger partial charge in [0, 0.05) is 29.9 Å². The van der Waals surface area contributed by atoms with Gasteiger partial charge in [-0.05, 0) is 62.2 Å². The number of urea groups is 1. The number of fused-ring (bicyclic) bond motifs is 1. The van der Waals surface area contributed by atoms with E-state index in [2.05, 4.69) is 21.0 Å². The van der Waals surface area contributed by atoms with Crippen LogP contribution in [0.15, 0.2) is 60.7 Å². The van der Waals surface area contributed by atoms with Crippen LogP contribution in [-0.4, -0.2) is 41.0 Å². The minimum absolute atomic E-state index is 0.0943. The van der Waals surface area contributed by atoms with E-state index in [1.165, 1.54) is 11.3 Å². The maximum Gasteiger partial charge on any atom is 0.319 e. The van der Waals surface area contributed by atoms with Crippen molar-refractivity contribution in [1.82, 2.24) is 15.1 Å². The number of hydrogen-bond donors (Lipinski definition) is 3. The third-order valence-electron chi connectivity index (χ3n) is 5.68. The second-order valence-corrected chi connectivity index (χ2v) is 9.19. The largest absolute Gasteiger partial charge is 0.376 e. The van der Waals surface area contributed by atoms with E-state index in [1.54, 1.807) is 24.3 Å². The number of anilines is 2. The van der Waals surface area contributed by atoms with Crippen molar-refractivity contribution in [2.75, 3.05) is 23.8 Å². The van der Waals surface area contributed by atoms with E-state index < -0.39 is 0 Å². The summed E-state index contributed by atoms with van der Waals surface area (Å²) in [5, 5.41) is 14.1. The van der Waals surface area contributed by atoms with Crippen LogP contribution in [0, 0.1) is 6.92 Å². The average Bonchev–Trinajstić information content (AvgIpc) is 3.58. The number of amides is 3. The standard InChI is InChI=1S/C25H25N5O3S/c1-16-21-14-22(34-24(21)30(29-16)19-6-3-2-4-7-19)23(31)27-17-9-11-18(12-10-17)28-25(32)26-15-20-8-5-13-33-20/h2-4,6-7,9-12,14,20H,5,8,13,15H2,1H3,(H,27,31)(H2,26,28,32). The lowest BCUT2D eigenvalue weighted by molar-refractivity contribution is 0.103. The Morgan fingerprint density at radius 1 is 1.09 bits per heavy atom. The maximum atomic E-state index is 12.9. The number of thiophene rings is 1. The molecule has 2 aromatic carbocycles. The number of benzene rings is 2. The Labute approximate surface area is 200 Å². The lowest BCUT2D eigenvalue weighted by Crippen LogP contribution is -2.35. The number of nitrogens with zero attached hydrogens (tertiary/aromatic N) is 2. The number of carbonyl (C=O) groups excluding carboxylic acids is 2. The predicted molar refractivity (Wildman–Crippen MR) is 134 cm³/mol. The molecule has 9 heteroatoms.